The molecule has 0 aliphatic carbocycles. The van der Waals surface area contributed by atoms with Crippen molar-refractivity contribution >= 4 is 39.2 Å². The minimum atomic E-state index is -3.51. The van der Waals surface area contributed by atoms with Crippen molar-refractivity contribution in [1.82, 2.24) is 14.8 Å². The van der Waals surface area contributed by atoms with Crippen LogP contribution in [0, 0.1) is 13.8 Å². The minimum absolute atomic E-state index is 0.0534. The van der Waals surface area contributed by atoms with Gasteiger partial charge in [0, 0.05) is 64.7 Å². The van der Waals surface area contributed by atoms with Gasteiger partial charge >= 0.3 is 6.03 Å². The van der Waals surface area contributed by atoms with Crippen LogP contribution in [0.4, 0.5) is 22.0 Å². The van der Waals surface area contributed by atoms with E-state index < -0.39 is 10.0 Å². The summed E-state index contributed by atoms with van der Waals surface area (Å²) in [6, 6.07) is 7.06. The average Bonchev–Trinajstić information content (AvgIpc) is 3.38. The fourth-order valence-corrected chi connectivity index (χ4v) is 6.78. The zero-order valence-corrected chi connectivity index (χ0v) is 21.8. The Morgan fingerprint density at radius 2 is 1.72 bits per heavy atom. The van der Waals surface area contributed by atoms with E-state index in [-0.39, 0.29) is 17.7 Å². The lowest BCUT2D eigenvalue weighted by Gasteiger charge is -2.36. The van der Waals surface area contributed by atoms with Gasteiger partial charge in [0.1, 0.15) is 5.82 Å². The first kappa shape index (κ1) is 24.4. The van der Waals surface area contributed by atoms with Gasteiger partial charge in [-0.1, -0.05) is 6.07 Å². The maximum Gasteiger partial charge on any atom is 0.324 e. The highest BCUT2D eigenvalue weighted by Gasteiger charge is 2.35. The number of amides is 3. The molecule has 3 aliphatic heterocycles. The van der Waals surface area contributed by atoms with Crippen LogP contribution < -0.4 is 14.1 Å². The van der Waals surface area contributed by atoms with Crippen molar-refractivity contribution in [1.29, 1.82) is 0 Å². The third kappa shape index (κ3) is 4.36. The molecule has 192 valence electrons. The summed E-state index contributed by atoms with van der Waals surface area (Å²) in [5.41, 5.74) is 3.52. The Morgan fingerprint density at radius 3 is 2.33 bits per heavy atom. The largest absolute Gasteiger partial charge is 0.353 e. The van der Waals surface area contributed by atoms with Gasteiger partial charge in [0.25, 0.3) is 5.91 Å². The molecule has 0 unspecified atom stereocenters. The van der Waals surface area contributed by atoms with Crippen LogP contribution in [0.15, 0.2) is 30.5 Å². The van der Waals surface area contributed by atoms with Crippen LogP contribution in [-0.4, -0.2) is 93.8 Å². The van der Waals surface area contributed by atoms with Crippen LogP contribution in [0.3, 0.4) is 0 Å². The molecule has 36 heavy (non-hydrogen) atoms. The molecule has 4 heterocycles. The molecule has 3 aliphatic rings. The van der Waals surface area contributed by atoms with E-state index in [0.717, 1.165) is 16.9 Å². The maximum atomic E-state index is 13.7. The second-order valence-corrected chi connectivity index (χ2v) is 11.7. The van der Waals surface area contributed by atoms with Crippen molar-refractivity contribution in [3.05, 3.63) is 47.2 Å². The molecular formula is C25H32N6O4S. The number of hydrogen-bond donors (Lipinski definition) is 0. The number of sulfonamides is 1. The zero-order valence-electron chi connectivity index (χ0n) is 21.0. The lowest BCUT2D eigenvalue weighted by atomic mass is 10.1. The van der Waals surface area contributed by atoms with Gasteiger partial charge in [-0.15, -0.1) is 0 Å². The van der Waals surface area contributed by atoms with Crippen LogP contribution in [0.2, 0.25) is 0 Å². The molecule has 0 spiro atoms. The number of rotatable bonds is 4. The second kappa shape index (κ2) is 9.27. The summed E-state index contributed by atoms with van der Waals surface area (Å²) in [7, 11) is -1.78. The standard InChI is InChI=1S/C25H32N6O4S/c1-18-15-19(2)23(26-17-18)28-9-11-29(12-10-28)24(32)21-6-5-20(30-13-8-27(3)25(30)33)16-22(21)31-7-4-14-36(31,34)35/h5-6,15-17H,4,7-14H2,1-3H3. The monoisotopic (exact) mass is 512 g/mol. The van der Waals surface area contributed by atoms with E-state index in [4.69, 9.17) is 0 Å². The minimum Gasteiger partial charge on any atom is -0.353 e. The molecule has 1 aromatic carbocycles. The fraction of sp³-hybridized carbons (Fsp3) is 0.480. The predicted octanol–water partition coefficient (Wildman–Crippen LogP) is 2.07. The highest BCUT2D eigenvalue weighted by Crippen LogP contribution is 2.34. The summed E-state index contributed by atoms with van der Waals surface area (Å²) < 4.78 is 27.0. The second-order valence-electron chi connectivity index (χ2n) is 9.73. The molecule has 11 heteroatoms. The first-order valence-electron chi connectivity index (χ1n) is 12.3. The Morgan fingerprint density at radius 1 is 0.972 bits per heavy atom. The number of anilines is 3. The Labute approximate surface area is 212 Å². The molecule has 0 bridgehead atoms. The number of nitrogens with zero attached hydrogens (tertiary/aromatic N) is 6. The van der Waals surface area contributed by atoms with Crippen molar-refractivity contribution in [3.8, 4) is 0 Å². The predicted molar refractivity (Wildman–Crippen MR) is 139 cm³/mol. The number of pyridine rings is 1. The van der Waals surface area contributed by atoms with E-state index in [9.17, 15) is 18.0 Å². The highest BCUT2D eigenvalue weighted by molar-refractivity contribution is 7.93. The molecule has 0 radical (unpaired) electrons. The van der Waals surface area contributed by atoms with Gasteiger partial charge in [-0.25, -0.2) is 18.2 Å². The third-order valence-corrected chi connectivity index (χ3v) is 9.02. The molecular weight excluding hydrogens is 480 g/mol. The summed E-state index contributed by atoms with van der Waals surface area (Å²) >= 11 is 0. The van der Waals surface area contributed by atoms with Crippen LogP contribution >= 0.6 is 0 Å². The topological polar surface area (TPSA) is 97.4 Å². The number of aromatic nitrogens is 1. The number of aryl methyl sites for hydroxylation is 2. The first-order valence-corrected chi connectivity index (χ1v) is 13.9. The van der Waals surface area contributed by atoms with Crippen LogP contribution in [0.5, 0.6) is 0 Å². The van der Waals surface area contributed by atoms with E-state index in [0.29, 0.717) is 69.2 Å². The number of benzene rings is 1. The summed E-state index contributed by atoms with van der Waals surface area (Å²) in [6.07, 6.45) is 2.36. The van der Waals surface area contributed by atoms with Gasteiger partial charge in [-0.05, 0) is 49.6 Å². The number of likely N-dealkylation sites (N-methyl/N-ethyl adjacent to an activating group) is 1. The molecule has 0 saturated carbocycles. The van der Waals surface area contributed by atoms with Crippen LogP contribution in [0.1, 0.15) is 27.9 Å². The summed E-state index contributed by atoms with van der Waals surface area (Å²) in [5.74, 6) is 0.788. The average molecular weight is 513 g/mol. The van der Waals surface area contributed by atoms with Gasteiger partial charge < -0.3 is 14.7 Å². The molecule has 3 amide bonds. The molecule has 5 rings (SSSR count). The van der Waals surface area contributed by atoms with Crippen LogP contribution in [-0.2, 0) is 10.0 Å². The van der Waals surface area contributed by atoms with E-state index in [2.05, 4.69) is 16.0 Å². The van der Waals surface area contributed by atoms with E-state index in [1.54, 1.807) is 39.9 Å². The quantitative estimate of drug-likeness (QED) is 0.622. The van der Waals surface area contributed by atoms with E-state index in [1.807, 2.05) is 20.0 Å². The Bertz CT molecular complexity index is 1310. The smallest absolute Gasteiger partial charge is 0.324 e. The van der Waals surface area contributed by atoms with Crippen molar-refractivity contribution in [2.24, 2.45) is 0 Å². The summed E-state index contributed by atoms with van der Waals surface area (Å²) in [6.45, 7) is 7.81. The number of piperazine rings is 1. The number of hydrogen-bond acceptors (Lipinski definition) is 6. The van der Waals surface area contributed by atoms with Gasteiger partial charge in [-0.2, -0.15) is 0 Å². The normalized spacial score (nSPS) is 20.0. The van der Waals surface area contributed by atoms with E-state index in [1.165, 1.54) is 4.31 Å². The highest BCUT2D eigenvalue weighted by atomic mass is 32.2. The fourth-order valence-electron chi connectivity index (χ4n) is 5.20. The van der Waals surface area contributed by atoms with Gasteiger partial charge in [0.15, 0.2) is 0 Å². The SMILES string of the molecule is Cc1cnc(N2CCN(C(=O)c3ccc(N4CCN(C)C4=O)cc3N3CCCS3(=O)=O)CC2)c(C)c1. The Hall–Kier alpha value is -3.34. The van der Waals surface area contributed by atoms with Crippen molar-refractivity contribution in [2.45, 2.75) is 20.3 Å². The molecule has 0 N–H and O–H groups in total. The van der Waals surface area contributed by atoms with Gasteiger partial charge in [-0.3, -0.25) is 14.0 Å². The Balaban J connectivity index is 1.41. The molecule has 2 aromatic rings. The maximum absolute atomic E-state index is 13.7. The van der Waals surface area contributed by atoms with Gasteiger partial charge in [0.05, 0.1) is 17.0 Å². The first-order chi connectivity index (χ1) is 17.2. The number of urea groups is 1. The lowest BCUT2D eigenvalue weighted by Crippen LogP contribution is -2.49. The van der Waals surface area contributed by atoms with Crippen LogP contribution in [0.25, 0.3) is 0 Å². The van der Waals surface area contributed by atoms with Gasteiger partial charge in [0.2, 0.25) is 10.0 Å². The third-order valence-electron chi connectivity index (χ3n) is 7.16. The lowest BCUT2D eigenvalue weighted by molar-refractivity contribution is 0.0747. The summed E-state index contributed by atoms with van der Waals surface area (Å²) in [5, 5.41) is 0. The number of carbonyl (C=O) groups is 2. The van der Waals surface area contributed by atoms with Crippen molar-refractivity contribution in [2.75, 3.05) is 72.7 Å². The molecule has 1 aromatic heterocycles. The zero-order chi connectivity index (χ0) is 25.6. The number of carbonyl (C=O) groups excluding carboxylic acids is 2. The van der Waals surface area contributed by atoms with E-state index >= 15 is 0 Å². The Kier molecular flexibility index (Phi) is 6.27. The molecule has 3 saturated heterocycles. The molecule has 10 nitrogen and oxygen atoms in total. The molecule has 0 atom stereocenters. The van der Waals surface area contributed by atoms with Crippen molar-refractivity contribution < 1.29 is 18.0 Å². The molecule has 3 fully saturated rings. The summed E-state index contributed by atoms with van der Waals surface area (Å²) in [4.78, 5) is 38.0. The van der Waals surface area contributed by atoms with Crippen molar-refractivity contribution in [3.63, 3.8) is 0 Å².